The lowest BCUT2D eigenvalue weighted by Gasteiger charge is -2.08. The summed E-state index contributed by atoms with van der Waals surface area (Å²) >= 11 is 0. The molecule has 4 N–H and O–H groups in total. The quantitative estimate of drug-likeness (QED) is 0.634. The minimum absolute atomic E-state index is 0.178. The van der Waals surface area contributed by atoms with E-state index in [9.17, 15) is 4.79 Å². The second-order valence-corrected chi connectivity index (χ2v) is 4.74. The number of carbonyl (C=O) groups is 1. The van der Waals surface area contributed by atoms with Crippen LogP contribution in [0.1, 0.15) is 10.4 Å². The minimum atomic E-state index is -0.178. The molecular formula is C15H14N6O. The number of hydrogen-bond donors (Lipinski definition) is 3. The second kappa shape index (κ2) is 5.65. The van der Waals surface area contributed by atoms with Gasteiger partial charge in [0.05, 0.1) is 0 Å². The average Bonchev–Trinajstić information content (AvgIpc) is 3.08. The van der Waals surface area contributed by atoms with E-state index in [0.29, 0.717) is 17.1 Å². The molecule has 0 fully saturated rings. The number of benzene rings is 2. The van der Waals surface area contributed by atoms with E-state index in [0.717, 1.165) is 16.7 Å². The SMILES string of the molecule is CNC(=O)c1cc(N)cc(-c2cccc(-c3nn[nH]n3)c2)c1. The Balaban J connectivity index is 2.06. The zero-order chi connectivity index (χ0) is 15.5. The van der Waals surface area contributed by atoms with Crippen LogP contribution in [-0.4, -0.2) is 33.6 Å². The third-order valence-electron chi connectivity index (χ3n) is 3.24. The summed E-state index contributed by atoms with van der Waals surface area (Å²) < 4.78 is 0. The molecule has 7 heteroatoms. The molecule has 0 saturated heterocycles. The van der Waals surface area contributed by atoms with Crippen molar-refractivity contribution in [2.75, 3.05) is 12.8 Å². The molecule has 0 radical (unpaired) electrons. The van der Waals surface area contributed by atoms with Gasteiger partial charge >= 0.3 is 0 Å². The molecule has 0 aliphatic rings. The highest BCUT2D eigenvalue weighted by atomic mass is 16.1. The molecule has 0 saturated carbocycles. The van der Waals surface area contributed by atoms with E-state index in [1.54, 1.807) is 19.2 Å². The number of carbonyl (C=O) groups excluding carboxylic acids is 1. The van der Waals surface area contributed by atoms with Gasteiger partial charge in [0, 0.05) is 23.9 Å². The number of hydrogen-bond acceptors (Lipinski definition) is 5. The zero-order valence-electron chi connectivity index (χ0n) is 11.9. The molecule has 0 aliphatic carbocycles. The van der Waals surface area contributed by atoms with Crippen molar-refractivity contribution < 1.29 is 4.79 Å². The van der Waals surface area contributed by atoms with Crippen LogP contribution in [0, 0.1) is 0 Å². The smallest absolute Gasteiger partial charge is 0.251 e. The Morgan fingerprint density at radius 2 is 1.95 bits per heavy atom. The molecule has 7 nitrogen and oxygen atoms in total. The van der Waals surface area contributed by atoms with Crippen molar-refractivity contribution in [3.63, 3.8) is 0 Å². The molecule has 0 unspecified atom stereocenters. The van der Waals surface area contributed by atoms with Crippen molar-refractivity contribution in [1.82, 2.24) is 25.9 Å². The largest absolute Gasteiger partial charge is 0.399 e. The molecule has 22 heavy (non-hydrogen) atoms. The van der Waals surface area contributed by atoms with E-state index in [2.05, 4.69) is 25.9 Å². The second-order valence-electron chi connectivity index (χ2n) is 4.74. The number of nitrogens with two attached hydrogens (primary N) is 1. The number of nitrogen functional groups attached to an aromatic ring is 1. The summed E-state index contributed by atoms with van der Waals surface area (Å²) in [5.74, 6) is 0.333. The maximum Gasteiger partial charge on any atom is 0.251 e. The van der Waals surface area contributed by atoms with Gasteiger partial charge in [0.15, 0.2) is 0 Å². The van der Waals surface area contributed by atoms with Crippen LogP contribution >= 0.6 is 0 Å². The Hall–Kier alpha value is -3.22. The molecule has 0 atom stereocenters. The summed E-state index contributed by atoms with van der Waals surface area (Å²) in [4.78, 5) is 11.8. The van der Waals surface area contributed by atoms with E-state index in [1.807, 2.05) is 30.3 Å². The lowest BCUT2D eigenvalue weighted by molar-refractivity contribution is 0.0963. The molecule has 0 bridgehead atoms. The highest BCUT2D eigenvalue weighted by molar-refractivity contribution is 5.96. The standard InChI is InChI=1S/C15H14N6O/c1-17-15(22)12-6-11(7-13(16)8-12)9-3-2-4-10(5-9)14-18-20-21-19-14/h2-8H,16H2,1H3,(H,17,22)(H,18,19,20,21). The van der Waals surface area contributed by atoms with Crippen LogP contribution in [0.2, 0.25) is 0 Å². The van der Waals surface area contributed by atoms with Gasteiger partial charge in [0.2, 0.25) is 5.82 Å². The number of rotatable bonds is 3. The minimum Gasteiger partial charge on any atom is -0.399 e. The molecular weight excluding hydrogens is 280 g/mol. The number of nitrogens with one attached hydrogen (secondary N) is 2. The third kappa shape index (κ3) is 2.64. The number of tetrazole rings is 1. The van der Waals surface area contributed by atoms with Crippen molar-refractivity contribution in [1.29, 1.82) is 0 Å². The monoisotopic (exact) mass is 294 g/mol. The maximum absolute atomic E-state index is 11.8. The van der Waals surface area contributed by atoms with E-state index in [1.165, 1.54) is 0 Å². The molecule has 110 valence electrons. The number of anilines is 1. The summed E-state index contributed by atoms with van der Waals surface area (Å²) in [5.41, 5.74) is 9.54. The number of H-pyrrole nitrogens is 1. The van der Waals surface area contributed by atoms with Gasteiger partial charge in [-0.3, -0.25) is 4.79 Å². The first kappa shape index (κ1) is 13.7. The van der Waals surface area contributed by atoms with Gasteiger partial charge in [-0.2, -0.15) is 5.21 Å². The van der Waals surface area contributed by atoms with Crippen molar-refractivity contribution in [2.45, 2.75) is 0 Å². The van der Waals surface area contributed by atoms with Crippen LogP contribution in [0.3, 0.4) is 0 Å². The summed E-state index contributed by atoms with van der Waals surface area (Å²) in [6, 6.07) is 12.9. The van der Waals surface area contributed by atoms with Gasteiger partial charge in [-0.15, -0.1) is 10.2 Å². The average molecular weight is 294 g/mol. The van der Waals surface area contributed by atoms with Crippen LogP contribution in [-0.2, 0) is 0 Å². The highest BCUT2D eigenvalue weighted by Crippen LogP contribution is 2.27. The van der Waals surface area contributed by atoms with Gasteiger partial charge < -0.3 is 11.1 Å². The zero-order valence-corrected chi connectivity index (χ0v) is 11.9. The molecule has 3 aromatic rings. The van der Waals surface area contributed by atoms with E-state index in [-0.39, 0.29) is 5.91 Å². The van der Waals surface area contributed by atoms with Crippen LogP contribution < -0.4 is 11.1 Å². The van der Waals surface area contributed by atoms with E-state index >= 15 is 0 Å². The Bertz CT molecular complexity index is 813. The summed E-state index contributed by atoms with van der Waals surface area (Å²) in [6.07, 6.45) is 0. The molecule has 0 aliphatic heterocycles. The first-order valence-corrected chi connectivity index (χ1v) is 6.64. The lowest BCUT2D eigenvalue weighted by Crippen LogP contribution is -2.17. The van der Waals surface area contributed by atoms with Crippen molar-refractivity contribution in [2.24, 2.45) is 0 Å². The fraction of sp³-hybridized carbons (Fsp3) is 0.0667. The Morgan fingerprint density at radius 1 is 1.14 bits per heavy atom. The molecule has 1 amide bonds. The first-order valence-electron chi connectivity index (χ1n) is 6.64. The van der Waals surface area contributed by atoms with Crippen LogP contribution in [0.4, 0.5) is 5.69 Å². The Morgan fingerprint density at radius 3 is 2.68 bits per heavy atom. The molecule has 2 aromatic carbocycles. The van der Waals surface area contributed by atoms with Gasteiger partial charge in [-0.25, -0.2) is 0 Å². The number of nitrogens with zero attached hydrogens (tertiary/aromatic N) is 3. The van der Waals surface area contributed by atoms with E-state index in [4.69, 9.17) is 5.73 Å². The predicted octanol–water partition coefficient (Wildman–Crippen LogP) is 1.48. The van der Waals surface area contributed by atoms with Crippen LogP contribution in [0.5, 0.6) is 0 Å². The highest BCUT2D eigenvalue weighted by Gasteiger charge is 2.09. The Labute approximate surface area is 126 Å². The first-order chi connectivity index (χ1) is 10.7. The van der Waals surface area contributed by atoms with Crippen molar-refractivity contribution in [3.8, 4) is 22.5 Å². The van der Waals surface area contributed by atoms with Crippen molar-refractivity contribution in [3.05, 3.63) is 48.0 Å². The Kier molecular flexibility index (Phi) is 3.53. The van der Waals surface area contributed by atoms with E-state index < -0.39 is 0 Å². The van der Waals surface area contributed by atoms with Gasteiger partial charge in [0.1, 0.15) is 0 Å². The third-order valence-corrected chi connectivity index (χ3v) is 3.24. The normalized spacial score (nSPS) is 10.4. The molecule has 3 rings (SSSR count). The molecule has 1 heterocycles. The summed E-state index contributed by atoms with van der Waals surface area (Å²) in [6.45, 7) is 0. The number of aromatic nitrogens is 4. The topological polar surface area (TPSA) is 110 Å². The number of amides is 1. The molecule has 1 aromatic heterocycles. The van der Waals surface area contributed by atoms with Crippen LogP contribution in [0.25, 0.3) is 22.5 Å². The predicted molar refractivity (Wildman–Crippen MR) is 82.9 cm³/mol. The van der Waals surface area contributed by atoms with Crippen LogP contribution in [0.15, 0.2) is 42.5 Å². The lowest BCUT2D eigenvalue weighted by atomic mass is 10.00. The fourth-order valence-corrected chi connectivity index (χ4v) is 2.22. The van der Waals surface area contributed by atoms with Crippen molar-refractivity contribution >= 4 is 11.6 Å². The fourth-order valence-electron chi connectivity index (χ4n) is 2.22. The van der Waals surface area contributed by atoms with Gasteiger partial charge in [-0.1, -0.05) is 18.2 Å². The van der Waals surface area contributed by atoms with Gasteiger partial charge in [-0.05, 0) is 40.6 Å². The summed E-state index contributed by atoms with van der Waals surface area (Å²) in [7, 11) is 1.59. The summed E-state index contributed by atoms with van der Waals surface area (Å²) in [5, 5.41) is 16.5. The molecule has 0 spiro atoms. The number of aromatic amines is 1. The van der Waals surface area contributed by atoms with Gasteiger partial charge in [0.25, 0.3) is 5.91 Å². The maximum atomic E-state index is 11.8.